The summed E-state index contributed by atoms with van der Waals surface area (Å²) in [5, 5.41) is 0.935. The predicted molar refractivity (Wildman–Crippen MR) is 133 cm³/mol. The summed E-state index contributed by atoms with van der Waals surface area (Å²) in [6.45, 7) is 0. The lowest BCUT2D eigenvalue weighted by Gasteiger charge is -2.27. The van der Waals surface area contributed by atoms with Crippen molar-refractivity contribution in [1.82, 2.24) is 4.98 Å². The number of ketones is 1. The molecule has 0 radical (unpaired) electrons. The van der Waals surface area contributed by atoms with E-state index in [4.69, 9.17) is 18.9 Å². The van der Waals surface area contributed by atoms with Gasteiger partial charge in [0, 0.05) is 28.6 Å². The molecule has 2 aliphatic rings. The Morgan fingerprint density at radius 1 is 0.944 bits per heavy atom. The van der Waals surface area contributed by atoms with Crippen molar-refractivity contribution in [1.29, 1.82) is 0 Å². The van der Waals surface area contributed by atoms with Gasteiger partial charge in [0.15, 0.2) is 17.3 Å². The third kappa shape index (κ3) is 3.40. The number of rotatable bonds is 4. The van der Waals surface area contributed by atoms with Gasteiger partial charge < -0.3 is 18.9 Å². The fraction of sp³-hybridized carbons (Fsp3) is 0.138. The van der Waals surface area contributed by atoms with E-state index >= 15 is 0 Å². The number of esters is 1. The number of ether oxygens (including phenoxy) is 4. The normalized spacial score (nSPS) is 17.4. The van der Waals surface area contributed by atoms with Gasteiger partial charge in [-0.25, -0.2) is 0 Å². The summed E-state index contributed by atoms with van der Waals surface area (Å²) in [6, 6.07) is 18.4. The number of carbonyl (C=O) groups excluding carboxylic acids is 2. The van der Waals surface area contributed by atoms with E-state index in [-0.39, 0.29) is 29.9 Å². The molecule has 3 heterocycles. The SMILES string of the molecule is COc1cccc(C=C2Oc3c(ccc4c3C(c3ccnc5ccccc35)CC(=O)O4)C2=O)c1OC. The highest BCUT2D eigenvalue weighted by Gasteiger charge is 2.39. The van der Waals surface area contributed by atoms with Gasteiger partial charge in [-0.1, -0.05) is 30.3 Å². The molecule has 0 spiro atoms. The van der Waals surface area contributed by atoms with Crippen LogP contribution in [0.1, 0.15) is 39.4 Å². The maximum Gasteiger partial charge on any atom is 0.312 e. The molecule has 1 unspecified atom stereocenters. The molecule has 2 aliphatic heterocycles. The van der Waals surface area contributed by atoms with E-state index in [0.717, 1.165) is 16.5 Å². The molecule has 6 rings (SSSR count). The first-order chi connectivity index (χ1) is 17.6. The number of hydrogen-bond donors (Lipinski definition) is 0. The summed E-state index contributed by atoms with van der Waals surface area (Å²) < 4.78 is 22.7. The van der Waals surface area contributed by atoms with Gasteiger partial charge in [0.2, 0.25) is 5.78 Å². The quantitative estimate of drug-likeness (QED) is 0.223. The van der Waals surface area contributed by atoms with Gasteiger partial charge in [-0.05, 0) is 42.0 Å². The zero-order valence-corrected chi connectivity index (χ0v) is 19.6. The van der Waals surface area contributed by atoms with Crippen molar-refractivity contribution < 1.29 is 28.5 Å². The molecular formula is C29H21NO6. The van der Waals surface area contributed by atoms with Gasteiger partial charge in [0.25, 0.3) is 0 Å². The Bertz CT molecular complexity index is 1580. The van der Waals surface area contributed by atoms with Crippen LogP contribution in [0.15, 0.2) is 72.6 Å². The number of aromatic nitrogens is 1. The van der Waals surface area contributed by atoms with Crippen LogP contribution < -0.4 is 18.9 Å². The van der Waals surface area contributed by atoms with E-state index in [1.54, 1.807) is 44.7 Å². The van der Waals surface area contributed by atoms with Crippen LogP contribution in [0.3, 0.4) is 0 Å². The monoisotopic (exact) mass is 479 g/mol. The second kappa shape index (κ2) is 8.53. The topological polar surface area (TPSA) is 84.0 Å². The Hall–Kier alpha value is -4.65. The van der Waals surface area contributed by atoms with E-state index in [1.165, 1.54) is 0 Å². The molecule has 7 heteroatoms. The highest BCUT2D eigenvalue weighted by molar-refractivity contribution is 6.15. The van der Waals surface area contributed by atoms with Crippen molar-refractivity contribution in [2.75, 3.05) is 14.2 Å². The number of benzene rings is 3. The number of fused-ring (bicyclic) bond motifs is 4. The summed E-state index contributed by atoms with van der Waals surface area (Å²) >= 11 is 0. The fourth-order valence-electron chi connectivity index (χ4n) is 4.96. The molecule has 0 saturated heterocycles. The molecule has 7 nitrogen and oxygen atoms in total. The number of methoxy groups -OCH3 is 2. The maximum atomic E-state index is 13.4. The van der Waals surface area contributed by atoms with Crippen molar-refractivity contribution in [3.63, 3.8) is 0 Å². The minimum atomic E-state index is -0.359. The molecule has 4 aromatic rings. The molecular weight excluding hydrogens is 458 g/mol. The molecule has 0 saturated carbocycles. The second-order valence-electron chi connectivity index (χ2n) is 8.52. The predicted octanol–water partition coefficient (Wildman–Crippen LogP) is 5.31. The van der Waals surface area contributed by atoms with E-state index in [0.29, 0.717) is 39.7 Å². The van der Waals surface area contributed by atoms with Crippen LogP contribution in [-0.2, 0) is 4.79 Å². The summed E-state index contributed by atoms with van der Waals surface area (Å²) in [5.41, 5.74) is 3.49. The van der Waals surface area contributed by atoms with Gasteiger partial charge >= 0.3 is 5.97 Å². The Morgan fingerprint density at radius 3 is 2.64 bits per heavy atom. The van der Waals surface area contributed by atoms with Crippen LogP contribution in [0.4, 0.5) is 0 Å². The van der Waals surface area contributed by atoms with Crippen LogP contribution in [0.2, 0.25) is 0 Å². The highest BCUT2D eigenvalue weighted by atomic mass is 16.5. The second-order valence-corrected chi connectivity index (χ2v) is 8.52. The first kappa shape index (κ1) is 21.9. The smallest absolute Gasteiger partial charge is 0.312 e. The number of nitrogens with zero attached hydrogens (tertiary/aromatic N) is 1. The van der Waals surface area contributed by atoms with E-state index in [2.05, 4.69) is 4.98 Å². The molecule has 0 N–H and O–H groups in total. The largest absolute Gasteiger partial charge is 0.493 e. The molecule has 36 heavy (non-hydrogen) atoms. The molecule has 0 fully saturated rings. The third-order valence-electron chi connectivity index (χ3n) is 6.56. The summed E-state index contributed by atoms with van der Waals surface area (Å²) in [6.07, 6.45) is 3.49. The van der Waals surface area contributed by atoms with Crippen molar-refractivity contribution in [2.45, 2.75) is 12.3 Å². The lowest BCUT2D eigenvalue weighted by atomic mass is 9.83. The molecule has 0 aliphatic carbocycles. The average molecular weight is 479 g/mol. The zero-order valence-electron chi connectivity index (χ0n) is 19.6. The van der Waals surface area contributed by atoms with Crippen molar-refractivity contribution in [2.24, 2.45) is 0 Å². The van der Waals surface area contributed by atoms with Gasteiger partial charge in [-0.3, -0.25) is 14.6 Å². The van der Waals surface area contributed by atoms with Gasteiger partial charge in [-0.15, -0.1) is 0 Å². The Balaban J connectivity index is 1.50. The number of hydrogen-bond acceptors (Lipinski definition) is 7. The zero-order chi connectivity index (χ0) is 24.8. The van der Waals surface area contributed by atoms with E-state index < -0.39 is 0 Å². The van der Waals surface area contributed by atoms with Crippen LogP contribution in [0, 0.1) is 0 Å². The van der Waals surface area contributed by atoms with E-state index in [1.807, 2.05) is 42.5 Å². The van der Waals surface area contributed by atoms with E-state index in [9.17, 15) is 9.59 Å². The number of Topliss-reactive ketones (excluding diaryl/α,β-unsaturated/α-hetero) is 1. The van der Waals surface area contributed by atoms with Crippen molar-refractivity contribution >= 4 is 28.7 Å². The van der Waals surface area contributed by atoms with Crippen LogP contribution in [0.5, 0.6) is 23.0 Å². The first-order valence-corrected chi connectivity index (χ1v) is 11.5. The molecule has 0 amide bonds. The van der Waals surface area contributed by atoms with Gasteiger partial charge in [-0.2, -0.15) is 0 Å². The lowest BCUT2D eigenvalue weighted by molar-refractivity contribution is -0.135. The summed E-state index contributed by atoms with van der Waals surface area (Å²) in [4.78, 5) is 30.4. The minimum absolute atomic E-state index is 0.123. The third-order valence-corrected chi connectivity index (χ3v) is 6.56. The first-order valence-electron chi connectivity index (χ1n) is 11.5. The molecule has 178 valence electrons. The Morgan fingerprint density at radius 2 is 1.81 bits per heavy atom. The van der Waals surface area contributed by atoms with Gasteiger partial charge in [0.1, 0.15) is 11.5 Å². The minimum Gasteiger partial charge on any atom is -0.493 e. The molecule has 1 atom stereocenters. The number of pyridine rings is 1. The Labute approximate surface area is 206 Å². The molecule has 3 aromatic carbocycles. The standard InChI is InChI=1S/C29H21NO6/c1-33-23-9-5-6-16(28(23)34-2)14-24-27(32)19-10-11-22-26(29(19)36-24)20(15-25(31)35-22)17-12-13-30-21-8-4-3-7-18(17)21/h3-14,20H,15H2,1-2H3. The van der Waals surface area contributed by atoms with Crippen LogP contribution in [-0.4, -0.2) is 31.0 Å². The number of allylic oxidation sites excluding steroid dienone is 1. The number of carbonyl (C=O) groups is 2. The maximum absolute atomic E-state index is 13.4. The van der Waals surface area contributed by atoms with Crippen molar-refractivity contribution in [3.8, 4) is 23.0 Å². The van der Waals surface area contributed by atoms with Crippen molar-refractivity contribution in [3.05, 3.63) is 94.9 Å². The molecule has 0 bridgehead atoms. The number of para-hydroxylation sites is 2. The highest BCUT2D eigenvalue weighted by Crippen LogP contribution is 2.50. The lowest BCUT2D eigenvalue weighted by Crippen LogP contribution is -2.21. The van der Waals surface area contributed by atoms with Gasteiger partial charge in [0.05, 0.1) is 31.7 Å². The molecule has 1 aromatic heterocycles. The summed E-state index contributed by atoms with van der Waals surface area (Å²) in [7, 11) is 3.10. The van der Waals surface area contributed by atoms with Crippen LogP contribution >= 0.6 is 0 Å². The van der Waals surface area contributed by atoms with Crippen LogP contribution in [0.25, 0.3) is 17.0 Å². The fourth-order valence-corrected chi connectivity index (χ4v) is 4.96. The average Bonchev–Trinajstić information content (AvgIpc) is 3.22. The summed E-state index contributed by atoms with van der Waals surface area (Å²) in [5.74, 6) is 1.04. The Kier molecular flexibility index (Phi) is 5.18.